The Hall–Kier alpha value is -2.44. The van der Waals surface area contributed by atoms with Crippen LogP contribution in [0.1, 0.15) is 18.9 Å². The summed E-state index contributed by atoms with van der Waals surface area (Å²) in [7, 11) is 0. The first-order valence-corrected chi connectivity index (χ1v) is 11.9. The summed E-state index contributed by atoms with van der Waals surface area (Å²) in [6.45, 7) is 1.49. The van der Waals surface area contributed by atoms with E-state index in [4.69, 9.17) is 5.73 Å². The van der Waals surface area contributed by atoms with Gasteiger partial charge in [-0.1, -0.05) is 12.1 Å². The van der Waals surface area contributed by atoms with Gasteiger partial charge in [-0.05, 0) is 43.0 Å². The summed E-state index contributed by atoms with van der Waals surface area (Å²) < 4.78 is 0. The molecule has 0 aromatic heterocycles. The van der Waals surface area contributed by atoms with E-state index in [9.17, 15) is 29.4 Å². The molecule has 0 heterocycles. The Kier molecular flexibility index (Phi) is 12.0. The van der Waals surface area contributed by atoms with Crippen molar-refractivity contribution in [3.8, 4) is 5.75 Å². The van der Waals surface area contributed by atoms with Crippen LogP contribution in [0.4, 0.5) is 0 Å². The van der Waals surface area contributed by atoms with Crippen LogP contribution in [0.5, 0.6) is 5.75 Å². The average Bonchev–Trinajstić information content (AvgIpc) is 2.74. The molecule has 1 rings (SSSR count). The van der Waals surface area contributed by atoms with Crippen molar-refractivity contribution in [3.63, 3.8) is 0 Å². The molecule has 4 unspecified atom stereocenters. The topological polar surface area (TPSA) is 171 Å². The lowest BCUT2D eigenvalue weighted by Gasteiger charge is -2.24. The number of benzene rings is 1. The highest BCUT2D eigenvalue weighted by molar-refractivity contribution is 7.98. The Morgan fingerprint density at radius 3 is 2.03 bits per heavy atom. The van der Waals surface area contributed by atoms with Gasteiger partial charge < -0.3 is 31.9 Å². The zero-order valence-corrected chi connectivity index (χ0v) is 19.6. The summed E-state index contributed by atoms with van der Waals surface area (Å²) in [6, 6.07) is 1.93. The molecule has 3 amide bonds. The number of hydrogen-bond donors (Lipinski definition) is 7. The number of rotatable bonds is 13. The molecule has 0 aliphatic rings. The van der Waals surface area contributed by atoms with Crippen molar-refractivity contribution in [1.29, 1.82) is 0 Å². The average molecular weight is 487 g/mol. The number of carbonyl (C=O) groups is 4. The number of nitrogens with one attached hydrogen (secondary N) is 3. The Morgan fingerprint density at radius 1 is 1.00 bits per heavy atom. The van der Waals surface area contributed by atoms with Crippen LogP contribution >= 0.6 is 24.4 Å². The molecule has 0 aliphatic heterocycles. The number of thioether (sulfide) groups is 1. The van der Waals surface area contributed by atoms with E-state index < -0.39 is 47.9 Å². The van der Waals surface area contributed by atoms with E-state index >= 15 is 0 Å². The summed E-state index contributed by atoms with van der Waals surface area (Å²) in [4.78, 5) is 49.0. The van der Waals surface area contributed by atoms with Gasteiger partial charge >= 0.3 is 5.97 Å². The number of carbonyl (C=O) groups excluding carboxylic acids is 3. The van der Waals surface area contributed by atoms with Gasteiger partial charge in [0.15, 0.2) is 0 Å². The number of phenols is 1. The van der Waals surface area contributed by atoms with E-state index in [-0.39, 0.29) is 17.9 Å². The van der Waals surface area contributed by atoms with E-state index in [1.165, 1.54) is 30.8 Å². The molecule has 10 nitrogen and oxygen atoms in total. The molecule has 4 atom stereocenters. The number of carboxylic acid groups (broad SMARTS) is 1. The van der Waals surface area contributed by atoms with Gasteiger partial charge in [0.2, 0.25) is 17.7 Å². The van der Waals surface area contributed by atoms with Crippen LogP contribution in [0.3, 0.4) is 0 Å². The molecule has 0 fully saturated rings. The van der Waals surface area contributed by atoms with Gasteiger partial charge in [0.25, 0.3) is 0 Å². The van der Waals surface area contributed by atoms with E-state index in [0.717, 1.165) is 0 Å². The van der Waals surface area contributed by atoms with Crippen molar-refractivity contribution in [2.24, 2.45) is 5.73 Å². The predicted octanol–water partition coefficient (Wildman–Crippen LogP) is -0.496. The molecule has 1 aromatic rings. The highest BCUT2D eigenvalue weighted by Crippen LogP contribution is 2.12. The predicted molar refractivity (Wildman–Crippen MR) is 126 cm³/mol. The largest absolute Gasteiger partial charge is 0.508 e. The SMILES string of the molecule is CSCCC(NC(=O)C(C)N)C(=O)NC(Cc1ccc(O)cc1)C(=O)NC(CS)C(=O)O. The first-order valence-electron chi connectivity index (χ1n) is 9.86. The van der Waals surface area contributed by atoms with Crippen molar-refractivity contribution in [2.75, 3.05) is 17.8 Å². The van der Waals surface area contributed by atoms with Crippen molar-refractivity contribution >= 4 is 48.1 Å². The van der Waals surface area contributed by atoms with Crippen LogP contribution in [0, 0.1) is 0 Å². The molecule has 0 radical (unpaired) electrons. The maximum atomic E-state index is 12.9. The van der Waals surface area contributed by atoms with Crippen molar-refractivity contribution < 1.29 is 29.4 Å². The van der Waals surface area contributed by atoms with E-state index in [1.807, 2.05) is 6.26 Å². The molecule has 178 valence electrons. The monoisotopic (exact) mass is 486 g/mol. The molecule has 32 heavy (non-hydrogen) atoms. The molecule has 12 heteroatoms. The molecular weight excluding hydrogens is 456 g/mol. The second-order valence-electron chi connectivity index (χ2n) is 7.15. The third-order valence-corrected chi connectivity index (χ3v) is 5.47. The van der Waals surface area contributed by atoms with Gasteiger partial charge in [0, 0.05) is 12.2 Å². The van der Waals surface area contributed by atoms with Crippen molar-refractivity contribution in [1.82, 2.24) is 16.0 Å². The Balaban J connectivity index is 3.07. The minimum absolute atomic E-state index is 0.0350. The Labute approximate surface area is 196 Å². The summed E-state index contributed by atoms with van der Waals surface area (Å²) in [5.41, 5.74) is 6.21. The highest BCUT2D eigenvalue weighted by atomic mass is 32.2. The highest BCUT2D eigenvalue weighted by Gasteiger charge is 2.29. The van der Waals surface area contributed by atoms with Gasteiger partial charge in [-0.15, -0.1) is 0 Å². The first-order chi connectivity index (χ1) is 15.1. The molecule has 1 aromatic carbocycles. The minimum Gasteiger partial charge on any atom is -0.508 e. The summed E-state index contributed by atoms with van der Waals surface area (Å²) in [5, 5.41) is 26.2. The molecule has 0 aliphatic carbocycles. The molecule has 0 bridgehead atoms. The van der Waals surface area contributed by atoms with Crippen molar-refractivity contribution in [3.05, 3.63) is 29.8 Å². The number of hydrogen-bond acceptors (Lipinski definition) is 8. The minimum atomic E-state index is -1.26. The maximum absolute atomic E-state index is 12.9. The van der Waals surface area contributed by atoms with Gasteiger partial charge in [0.05, 0.1) is 6.04 Å². The standard InChI is InChI=1S/C20H30N4O6S2/c1-11(21)17(26)22-14(7-8-32-2)18(27)23-15(9-12-3-5-13(25)6-4-12)19(28)24-16(10-31)20(29)30/h3-6,11,14-16,25,31H,7-10,21H2,1-2H3,(H,22,26)(H,23,27)(H,24,28)(H,29,30). The molecule has 7 N–H and O–H groups in total. The zero-order chi connectivity index (χ0) is 24.3. The van der Waals surface area contributed by atoms with Gasteiger partial charge in [0.1, 0.15) is 23.9 Å². The third kappa shape index (κ3) is 9.37. The second-order valence-corrected chi connectivity index (χ2v) is 8.50. The number of phenolic OH excluding ortho intramolecular Hbond substituents is 1. The smallest absolute Gasteiger partial charge is 0.327 e. The third-order valence-electron chi connectivity index (χ3n) is 4.46. The summed E-state index contributed by atoms with van der Waals surface area (Å²) in [6.07, 6.45) is 2.20. The van der Waals surface area contributed by atoms with Gasteiger partial charge in [-0.2, -0.15) is 24.4 Å². The van der Waals surface area contributed by atoms with Crippen LogP contribution in [-0.4, -0.2) is 75.8 Å². The lowest BCUT2D eigenvalue weighted by atomic mass is 10.0. The quantitative estimate of drug-likeness (QED) is 0.183. The Bertz CT molecular complexity index is 791. The van der Waals surface area contributed by atoms with E-state index in [0.29, 0.717) is 17.7 Å². The van der Waals surface area contributed by atoms with E-state index in [2.05, 4.69) is 28.6 Å². The van der Waals surface area contributed by atoms with Gasteiger partial charge in [-0.25, -0.2) is 4.79 Å². The summed E-state index contributed by atoms with van der Waals surface area (Å²) >= 11 is 5.42. The number of aliphatic carboxylic acids is 1. The molecular formula is C20H30N4O6S2. The maximum Gasteiger partial charge on any atom is 0.327 e. The lowest BCUT2D eigenvalue weighted by Crippen LogP contribution is -2.57. The zero-order valence-electron chi connectivity index (χ0n) is 17.9. The molecule has 0 spiro atoms. The van der Waals surface area contributed by atoms with E-state index in [1.54, 1.807) is 12.1 Å². The number of amides is 3. The fourth-order valence-electron chi connectivity index (χ4n) is 2.61. The fourth-order valence-corrected chi connectivity index (χ4v) is 3.33. The van der Waals surface area contributed by atoms with Crippen LogP contribution in [-0.2, 0) is 25.6 Å². The fraction of sp³-hybridized carbons (Fsp3) is 0.500. The lowest BCUT2D eigenvalue weighted by molar-refractivity contribution is -0.141. The normalized spacial score (nSPS) is 14.5. The Morgan fingerprint density at radius 2 is 1.53 bits per heavy atom. The van der Waals surface area contributed by atoms with Crippen LogP contribution in [0.2, 0.25) is 0 Å². The van der Waals surface area contributed by atoms with Crippen molar-refractivity contribution in [2.45, 2.75) is 43.9 Å². The van der Waals surface area contributed by atoms with Crippen LogP contribution in [0.15, 0.2) is 24.3 Å². The number of thiol groups is 1. The number of aromatic hydroxyl groups is 1. The number of nitrogens with two attached hydrogens (primary N) is 1. The van der Waals surface area contributed by atoms with Crippen LogP contribution < -0.4 is 21.7 Å². The number of carboxylic acids is 1. The van der Waals surface area contributed by atoms with Crippen LogP contribution in [0.25, 0.3) is 0 Å². The van der Waals surface area contributed by atoms with Gasteiger partial charge in [-0.3, -0.25) is 14.4 Å². The molecule has 0 saturated carbocycles. The first kappa shape index (κ1) is 27.6. The molecule has 0 saturated heterocycles. The summed E-state index contributed by atoms with van der Waals surface area (Å²) in [5.74, 6) is -2.60. The second kappa shape index (κ2) is 13.9.